The van der Waals surface area contributed by atoms with Gasteiger partial charge < -0.3 is 9.64 Å². The Balaban J connectivity index is 1.47. The number of fused-ring (bicyclic) bond motifs is 1. The lowest BCUT2D eigenvalue weighted by Crippen LogP contribution is -2.59. The third-order valence-corrected chi connectivity index (χ3v) is 6.21. The summed E-state index contributed by atoms with van der Waals surface area (Å²) in [5, 5.41) is 8.63. The lowest BCUT2D eigenvalue weighted by molar-refractivity contribution is -0.137. The van der Waals surface area contributed by atoms with Crippen LogP contribution in [-0.4, -0.2) is 53.9 Å². The van der Waals surface area contributed by atoms with Crippen molar-refractivity contribution < 1.29 is 9.53 Å². The fraction of sp³-hybridized carbons (Fsp3) is 0.429. The lowest BCUT2D eigenvalue weighted by Gasteiger charge is -2.50. The molecule has 0 saturated heterocycles. The molecule has 29 heavy (non-hydrogen) atoms. The molecule has 3 aromatic heterocycles. The summed E-state index contributed by atoms with van der Waals surface area (Å²) in [5.41, 5.74) is 2.26. The van der Waals surface area contributed by atoms with Gasteiger partial charge >= 0.3 is 0 Å². The molecule has 0 spiro atoms. The van der Waals surface area contributed by atoms with Gasteiger partial charge in [0.25, 0.3) is 0 Å². The van der Waals surface area contributed by atoms with Crippen LogP contribution in [0.5, 0.6) is 5.88 Å². The van der Waals surface area contributed by atoms with Gasteiger partial charge in [-0.25, -0.2) is 9.50 Å². The van der Waals surface area contributed by atoms with Crippen molar-refractivity contribution in [3.63, 3.8) is 0 Å². The number of nitrogens with zero attached hydrogens (tertiary/aromatic N) is 6. The molecule has 2 aliphatic carbocycles. The minimum Gasteiger partial charge on any atom is -0.469 e. The van der Waals surface area contributed by atoms with Crippen LogP contribution in [0.15, 0.2) is 43.5 Å². The van der Waals surface area contributed by atoms with Crippen LogP contribution in [-0.2, 0) is 11.8 Å². The normalized spacial score (nSPS) is 23.6. The maximum Gasteiger partial charge on any atom is 0.245 e. The van der Waals surface area contributed by atoms with Crippen molar-refractivity contribution in [2.24, 2.45) is 13.0 Å². The molecular formula is C21H24N6O2. The Morgan fingerprint density at radius 1 is 1.34 bits per heavy atom. The van der Waals surface area contributed by atoms with E-state index < -0.39 is 0 Å². The third-order valence-electron chi connectivity index (χ3n) is 6.21. The van der Waals surface area contributed by atoms with Crippen LogP contribution in [0.3, 0.4) is 0 Å². The van der Waals surface area contributed by atoms with E-state index in [1.165, 1.54) is 6.08 Å². The van der Waals surface area contributed by atoms with Gasteiger partial charge in [-0.3, -0.25) is 9.48 Å². The summed E-state index contributed by atoms with van der Waals surface area (Å²) in [6.07, 6.45) is 12.7. The van der Waals surface area contributed by atoms with Crippen LogP contribution >= 0.6 is 0 Å². The molecule has 150 valence electrons. The number of hydrogen-bond donors (Lipinski definition) is 0. The van der Waals surface area contributed by atoms with Crippen LogP contribution in [0.1, 0.15) is 25.7 Å². The summed E-state index contributed by atoms with van der Waals surface area (Å²) in [5.74, 6) is 1.05. The van der Waals surface area contributed by atoms with Gasteiger partial charge in [0.2, 0.25) is 11.8 Å². The zero-order valence-electron chi connectivity index (χ0n) is 16.7. The van der Waals surface area contributed by atoms with Crippen molar-refractivity contribution in [2.75, 3.05) is 7.05 Å². The predicted molar refractivity (Wildman–Crippen MR) is 107 cm³/mol. The molecule has 2 saturated carbocycles. The number of aryl methyl sites for hydroxylation is 1. The average Bonchev–Trinajstić information content (AvgIpc) is 3.27. The quantitative estimate of drug-likeness (QED) is 0.602. The highest BCUT2D eigenvalue weighted by Crippen LogP contribution is 2.54. The maximum atomic E-state index is 12.0. The molecule has 0 aromatic carbocycles. The summed E-state index contributed by atoms with van der Waals surface area (Å²) in [6, 6.07) is 2.09. The first-order valence-electron chi connectivity index (χ1n) is 9.91. The van der Waals surface area contributed by atoms with Gasteiger partial charge in [0.1, 0.15) is 11.1 Å². The molecule has 0 atom stereocenters. The van der Waals surface area contributed by atoms with Crippen LogP contribution in [0.2, 0.25) is 0 Å². The summed E-state index contributed by atoms with van der Waals surface area (Å²) < 4.78 is 10.2. The van der Waals surface area contributed by atoms with E-state index in [2.05, 4.69) is 16.8 Å². The van der Waals surface area contributed by atoms with Crippen molar-refractivity contribution >= 4 is 11.4 Å². The molecule has 0 N–H and O–H groups in total. The molecular weight excluding hydrogens is 368 g/mol. The molecule has 3 heterocycles. The van der Waals surface area contributed by atoms with Gasteiger partial charge in [-0.2, -0.15) is 10.2 Å². The summed E-state index contributed by atoms with van der Waals surface area (Å²) in [6.45, 7) is 3.59. The first-order chi connectivity index (χ1) is 14.0. The Morgan fingerprint density at radius 2 is 2.14 bits per heavy atom. The number of aromatic nitrogens is 5. The second kappa shape index (κ2) is 6.43. The monoisotopic (exact) mass is 392 g/mol. The number of carbonyl (C=O) groups is 1. The molecule has 0 radical (unpaired) electrons. The van der Waals surface area contributed by atoms with Gasteiger partial charge in [-0.05, 0) is 30.9 Å². The van der Waals surface area contributed by atoms with Crippen LogP contribution in [0.25, 0.3) is 16.8 Å². The van der Waals surface area contributed by atoms with Gasteiger partial charge in [0, 0.05) is 44.7 Å². The Labute approximate surface area is 168 Å². The summed E-state index contributed by atoms with van der Waals surface area (Å²) >= 11 is 0. The standard InChI is InChI=1S/C21H24N6O2/c1-4-19(28)26(3)16-9-21(10-16,15-5-6-15)29-20-18-7-8-22-27(18)13-17(24-20)14-11-23-25(2)12-14/h4,7-8,11-13,15-16H,1,5-6,9-10H2,2-3H3/t16-,21+. The molecule has 0 bridgehead atoms. The van der Waals surface area contributed by atoms with Gasteiger partial charge in [0.05, 0.1) is 24.3 Å². The number of carbonyl (C=O) groups excluding carboxylic acids is 1. The SMILES string of the molecule is C=CC(=O)N(C)[C@H]1C[C@](Oc2nc(-c3cnn(C)c3)cn3nccc23)(C2CC2)C1. The third kappa shape index (κ3) is 2.99. The molecule has 8 heteroatoms. The molecule has 2 aliphatic rings. The lowest BCUT2D eigenvalue weighted by atomic mass is 9.71. The maximum absolute atomic E-state index is 12.0. The Morgan fingerprint density at radius 3 is 2.79 bits per heavy atom. The second-order valence-electron chi connectivity index (χ2n) is 8.15. The van der Waals surface area contributed by atoms with Crippen molar-refractivity contribution in [3.8, 4) is 17.1 Å². The van der Waals surface area contributed by atoms with Crippen LogP contribution in [0, 0.1) is 5.92 Å². The highest BCUT2D eigenvalue weighted by Gasteiger charge is 2.57. The molecule has 0 aliphatic heterocycles. The minimum atomic E-state index is -0.272. The molecule has 5 rings (SSSR count). The number of likely N-dealkylation sites (N-methyl/N-ethyl adjacent to an activating group) is 1. The first-order valence-corrected chi connectivity index (χ1v) is 9.91. The van der Waals surface area contributed by atoms with Crippen molar-refractivity contribution in [1.82, 2.24) is 29.3 Å². The predicted octanol–water partition coefficient (Wildman–Crippen LogP) is 2.46. The number of hydrogen-bond acceptors (Lipinski definition) is 5. The van der Waals surface area contributed by atoms with E-state index in [0.717, 1.165) is 42.5 Å². The van der Waals surface area contributed by atoms with Gasteiger partial charge in [-0.15, -0.1) is 0 Å². The van der Waals surface area contributed by atoms with E-state index in [1.807, 2.05) is 32.6 Å². The molecule has 0 unspecified atom stereocenters. The van der Waals surface area contributed by atoms with E-state index in [-0.39, 0.29) is 17.6 Å². The van der Waals surface area contributed by atoms with E-state index in [1.54, 1.807) is 26.5 Å². The topological polar surface area (TPSA) is 77.6 Å². The number of rotatable bonds is 6. The fourth-order valence-electron chi connectivity index (χ4n) is 4.30. The zero-order chi connectivity index (χ0) is 20.2. The largest absolute Gasteiger partial charge is 0.469 e. The first kappa shape index (κ1) is 17.9. The number of amides is 1. The van der Waals surface area contributed by atoms with E-state index in [0.29, 0.717) is 11.8 Å². The Bertz CT molecular complexity index is 1090. The second-order valence-corrected chi connectivity index (χ2v) is 8.15. The average molecular weight is 392 g/mol. The van der Waals surface area contributed by atoms with Crippen LogP contribution in [0.4, 0.5) is 0 Å². The summed E-state index contributed by atoms with van der Waals surface area (Å²) in [7, 11) is 3.72. The van der Waals surface area contributed by atoms with E-state index in [9.17, 15) is 4.79 Å². The van der Waals surface area contributed by atoms with Crippen molar-refractivity contribution in [1.29, 1.82) is 0 Å². The molecule has 8 nitrogen and oxygen atoms in total. The van der Waals surface area contributed by atoms with Crippen molar-refractivity contribution in [3.05, 3.63) is 43.5 Å². The zero-order valence-corrected chi connectivity index (χ0v) is 16.7. The highest BCUT2D eigenvalue weighted by atomic mass is 16.5. The minimum absolute atomic E-state index is 0.0470. The Kier molecular flexibility index (Phi) is 3.97. The number of ether oxygens (including phenoxy) is 1. The molecule has 3 aromatic rings. The fourth-order valence-corrected chi connectivity index (χ4v) is 4.30. The molecule has 1 amide bonds. The Hall–Kier alpha value is -3.16. The smallest absolute Gasteiger partial charge is 0.245 e. The van der Waals surface area contributed by atoms with Crippen molar-refractivity contribution in [2.45, 2.75) is 37.3 Å². The van der Waals surface area contributed by atoms with Gasteiger partial charge in [-0.1, -0.05) is 6.58 Å². The molecule has 2 fully saturated rings. The summed E-state index contributed by atoms with van der Waals surface area (Å²) in [4.78, 5) is 18.6. The van der Waals surface area contributed by atoms with E-state index >= 15 is 0 Å². The van der Waals surface area contributed by atoms with Crippen LogP contribution < -0.4 is 4.74 Å². The van der Waals surface area contributed by atoms with Gasteiger partial charge in [0.15, 0.2) is 0 Å². The highest BCUT2D eigenvalue weighted by molar-refractivity contribution is 5.87. The van der Waals surface area contributed by atoms with E-state index in [4.69, 9.17) is 9.72 Å².